The number of aliphatic imine (C=N–C) groups is 1. The molecular weight excluding hydrogens is 451 g/mol. The average molecular weight is 482 g/mol. The molecule has 0 aliphatic carbocycles. The van der Waals surface area contributed by atoms with Crippen molar-refractivity contribution in [3.8, 4) is 0 Å². The van der Waals surface area contributed by atoms with Crippen LogP contribution in [0.4, 0.5) is 0 Å². The Hall–Kier alpha value is -0.870. The molecule has 8 heteroatoms. The van der Waals surface area contributed by atoms with Crippen molar-refractivity contribution in [2.45, 2.75) is 44.6 Å². The van der Waals surface area contributed by atoms with E-state index in [1.165, 1.54) is 31.2 Å². The quantitative estimate of drug-likeness (QED) is 0.246. The van der Waals surface area contributed by atoms with Gasteiger partial charge in [0.1, 0.15) is 0 Å². The second-order valence-electron chi connectivity index (χ2n) is 5.76. The molecule has 25 heavy (non-hydrogen) atoms. The molecule has 0 aliphatic heterocycles. The molecule has 2 N–H and O–H groups in total. The number of halogens is 1. The number of hydrogen-bond donors (Lipinski definition) is 2. The van der Waals surface area contributed by atoms with Crippen LogP contribution in [0.3, 0.4) is 0 Å². The van der Waals surface area contributed by atoms with Crippen LogP contribution in [0.15, 0.2) is 34.2 Å². The van der Waals surface area contributed by atoms with Gasteiger partial charge in [0.2, 0.25) is 10.0 Å². The van der Waals surface area contributed by atoms with E-state index >= 15 is 0 Å². The molecule has 1 aromatic rings. The van der Waals surface area contributed by atoms with Crippen molar-refractivity contribution in [3.05, 3.63) is 29.8 Å². The number of nitrogens with one attached hydrogen (secondary N) is 2. The number of hydrogen-bond acceptors (Lipinski definition) is 3. The largest absolute Gasteiger partial charge is 0.357 e. The lowest BCUT2D eigenvalue weighted by Crippen LogP contribution is -2.37. The summed E-state index contributed by atoms with van der Waals surface area (Å²) in [7, 11) is -0.322. The zero-order valence-corrected chi connectivity index (χ0v) is 18.7. The van der Waals surface area contributed by atoms with Gasteiger partial charge in [-0.3, -0.25) is 0 Å². The maximum atomic E-state index is 12.0. The van der Waals surface area contributed by atoms with E-state index in [0.29, 0.717) is 11.4 Å². The Bertz CT molecular complexity index is 616. The summed E-state index contributed by atoms with van der Waals surface area (Å²) >= 11 is 0. The summed E-state index contributed by atoms with van der Waals surface area (Å²) in [4.78, 5) is 4.84. The Morgan fingerprint density at radius 1 is 1.08 bits per heavy atom. The van der Waals surface area contributed by atoms with Crippen molar-refractivity contribution >= 4 is 40.0 Å². The van der Waals surface area contributed by atoms with Gasteiger partial charge in [0.25, 0.3) is 0 Å². The molecule has 0 heterocycles. The van der Waals surface area contributed by atoms with Gasteiger partial charge in [-0.15, -0.1) is 24.0 Å². The minimum atomic E-state index is -3.38. The lowest BCUT2D eigenvalue weighted by molar-refractivity contribution is 0.520. The molecule has 144 valence electrons. The van der Waals surface area contributed by atoms with Crippen LogP contribution in [0.25, 0.3) is 0 Å². The monoisotopic (exact) mass is 482 g/mol. The molecule has 0 bridgehead atoms. The van der Waals surface area contributed by atoms with Crippen LogP contribution in [-0.2, 0) is 16.6 Å². The molecule has 0 unspecified atom stereocenters. The van der Waals surface area contributed by atoms with Crippen LogP contribution in [0.5, 0.6) is 0 Å². The summed E-state index contributed by atoms with van der Waals surface area (Å²) < 4.78 is 25.3. The molecule has 0 spiro atoms. The normalized spacial score (nSPS) is 12.0. The molecule has 1 aromatic carbocycles. The minimum absolute atomic E-state index is 0. The minimum Gasteiger partial charge on any atom is -0.357 e. The van der Waals surface area contributed by atoms with Gasteiger partial charge in [-0.2, -0.15) is 0 Å². The number of unbranched alkanes of at least 4 members (excludes halogenated alkanes) is 2. The lowest BCUT2D eigenvalue weighted by Gasteiger charge is -2.12. The van der Waals surface area contributed by atoms with Crippen LogP contribution in [0, 0.1) is 0 Å². The molecule has 0 atom stereocenters. The molecule has 1 rings (SSSR count). The van der Waals surface area contributed by atoms with E-state index in [2.05, 4.69) is 22.5 Å². The Balaban J connectivity index is 0.00000576. The van der Waals surface area contributed by atoms with E-state index in [9.17, 15) is 8.42 Å². The van der Waals surface area contributed by atoms with Crippen LogP contribution < -0.4 is 10.6 Å². The van der Waals surface area contributed by atoms with E-state index in [0.717, 1.165) is 31.0 Å². The predicted molar refractivity (Wildman–Crippen MR) is 115 cm³/mol. The molecule has 0 radical (unpaired) electrons. The van der Waals surface area contributed by atoms with Gasteiger partial charge >= 0.3 is 0 Å². The molecule has 0 aliphatic rings. The van der Waals surface area contributed by atoms with Gasteiger partial charge < -0.3 is 10.6 Å². The second-order valence-corrected chi connectivity index (χ2v) is 7.91. The maximum absolute atomic E-state index is 12.0. The fourth-order valence-corrected chi connectivity index (χ4v) is 2.97. The summed E-state index contributed by atoms with van der Waals surface area (Å²) in [5.74, 6) is 0.790. The zero-order chi connectivity index (χ0) is 18.0. The van der Waals surface area contributed by atoms with Crippen LogP contribution in [-0.4, -0.2) is 45.9 Å². The van der Waals surface area contributed by atoms with Gasteiger partial charge in [0.15, 0.2) is 5.96 Å². The van der Waals surface area contributed by atoms with E-state index in [4.69, 9.17) is 0 Å². The summed E-state index contributed by atoms with van der Waals surface area (Å²) in [6.07, 6.45) is 3.52. The molecule has 0 fully saturated rings. The van der Waals surface area contributed by atoms with Crippen LogP contribution in [0.1, 0.15) is 38.7 Å². The zero-order valence-electron chi connectivity index (χ0n) is 15.6. The summed E-state index contributed by atoms with van der Waals surface area (Å²) in [5, 5.41) is 6.53. The Morgan fingerprint density at radius 3 is 2.24 bits per heavy atom. The second kappa shape index (κ2) is 12.5. The highest BCUT2D eigenvalue weighted by atomic mass is 127. The lowest BCUT2D eigenvalue weighted by atomic mass is 10.2. The van der Waals surface area contributed by atoms with Crippen LogP contribution >= 0.6 is 24.0 Å². The highest BCUT2D eigenvalue weighted by Gasteiger charge is 2.16. The van der Waals surface area contributed by atoms with Crippen molar-refractivity contribution in [2.24, 2.45) is 4.99 Å². The van der Waals surface area contributed by atoms with Gasteiger partial charge in [0.05, 0.1) is 11.4 Å². The predicted octanol–water partition coefficient (Wildman–Crippen LogP) is 2.80. The highest BCUT2D eigenvalue weighted by molar-refractivity contribution is 14.0. The maximum Gasteiger partial charge on any atom is 0.242 e. The molecule has 0 saturated carbocycles. The molecule has 0 amide bonds. The molecule has 0 aromatic heterocycles. The molecule has 0 saturated heterocycles. The Kier molecular flexibility index (Phi) is 12.0. The van der Waals surface area contributed by atoms with Gasteiger partial charge in [-0.25, -0.2) is 17.7 Å². The van der Waals surface area contributed by atoms with Crippen molar-refractivity contribution in [1.82, 2.24) is 14.9 Å². The number of rotatable bonds is 9. The van der Waals surface area contributed by atoms with Crippen molar-refractivity contribution in [1.29, 1.82) is 0 Å². The van der Waals surface area contributed by atoms with Crippen molar-refractivity contribution in [3.63, 3.8) is 0 Å². The molecular formula is C17H31IN4O2S. The van der Waals surface area contributed by atoms with Crippen molar-refractivity contribution < 1.29 is 8.42 Å². The fraction of sp³-hybridized carbons (Fsp3) is 0.588. The number of nitrogens with zero attached hydrogens (tertiary/aromatic N) is 2. The highest BCUT2D eigenvalue weighted by Crippen LogP contribution is 2.14. The number of benzene rings is 1. The standard InChI is InChI=1S/C17H30N4O2S.HI/c1-5-7-8-13-19-17(18-6-2)20-14-15-9-11-16(12-10-15)24(22,23)21(3)4;/h9-12H,5-8,13-14H2,1-4H3,(H2,18,19,20);1H. The topological polar surface area (TPSA) is 73.8 Å². The SMILES string of the molecule is CCCCCNC(=NCc1ccc(S(=O)(=O)N(C)C)cc1)NCC.I. The third-order valence-electron chi connectivity index (χ3n) is 3.54. The number of guanidine groups is 1. The smallest absolute Gasteiger partial charge is 0.242 e. The average Bonchev–Trinajstić information content (AvgIpc) is 2.56. The summed E-state index contributed by atoms with van der Waals surface area (Å²) in [6, 6.07) is 6.87. The van der Waals surface area contributed by atoms with E-state index in [-0.39, 0.29) is 24.0 Å². The summed E-state index contributed by atoms with van der Waals surface area (Å²) in [5.41, 5.74) is 0.971. The van der Waals surface area contributed by atoms with Gasteiger partial charge in [-0.1, -0.05) is 31.9 Å². The first-order valence-corrected chi connectivity index (χ1v) is 9.89. The fourth-order valence-electron chi connectivity index (χ4n) is 2.07. The van der Waals surface area contributed by atoms with E-state index in [1.54, 1.807) is 24.3 Å². The Morgan fingerprint density at radius 2 is 1.72 bits per heavy atom. The third kappa shape index (κ3) is 8.37. The molecule has 6 nitrogen and oxygen atoms in total. The third-order valence-corrected chi connectivity index (χ3v) is 5.37. The van der Waals surface area contributed by atoms with E-state index < -0.39 is 10.0 Å². The first kappa shape index (κ1) is 24.1. The van der Waals surface area contributed by atoms with Crippen molar-refractivity contribution in [2.75, 3.05) is 27.2 Å². The number of sulfonamides is 1. The first-order valence-electron chi connectivity index (χ1n) is 8.45. The Labute approximate surface area is 169 Å². The van der Waals surface area contributed by atoms with Gasteiger partial charge in [0, 0.05) is 27.2 Å². The van der Waals surface area contributed by atoms with Gasteiger partial charge in [-0.05, 0) is 31.0 Å². The first-order chi connectivity index (χ1) is 11.4. The summed E-state index contributed by atoms with van der Waals surface area (Å²) in [6.45, 7) is 6.42. The van der Waals surface area contributed by atoms with Crippen LogP contribution in [0.2, 0.25) is 0 Å². The van der Waals surface area contributed by atoms with E-state index in [1.807, 2.05) is 6.92 Å².